The van der Waals surface area contributed by atoms with Crippen LogP contribution in [0.5, 0.6) is 5.75 Å². The fourth-order valence-corrected chi connectivity index (χ4v) is 3.04. The second-order valence-corrected chi connectivity index (χ2v) is 6.68. The van der Waals surface area contributed by atoms with Gasteiger partial charge in [-0.2, -0.15) is 0 Å². The van der Waals surface area contributed by atoms with Crippen LogP contribution in [-0.2, 0) is 6.42 Å². The van der Waals surface area contributed by atoms with Crippen LogP contribution in [0.4, 0.5) is 22.7 Å². The SMILES string of the molecule is CCN(c1cc(CC(O)CO)cc(N)c1[N+](=O)[O-])C(O)COc1ccc([N+](=O)[O-])cc1. The molecule has 0 amide bonds. The second kappa shape index (κ2) is 10.5. The molecule has 0 fully saturated rings. The summed E-state index contributed by atoms with van der Waals surface area (Å²) in [6.45, 7) is 1.06. The third-order valence-corrected chi connectivity index (χ3v) is 4.50. The summed E-state index contributed by atoms with van der Waals surface area (Å²) in [4.78, 5) is 22.4. The maximum absolute atomic E-state index is 11.6. The van der Waals surface area contributed by atoms with Gasteiger partial charge in [0.2, 0.25) is 0 Å². The lowest BCUT2D eigenvalue weighted by atomic mass is 10.0. The Kier molecular flexibility index (Phi) is 8.07. The van der Waals surface area contributed by atoms with E-state index in [2.05, 4.69) is 0 Å². The zero-order chi connectivity index (χ0) is 23.1. The molecule has 0 spiro atoms. The van der Waals surface area contributed by atoms with E-state index < -0.39 is 34.5 Å². The summed E-state index contributed by atoms with van der Waals surface area (Å²) >= 11 is 0. The molecule has 0 aliphatic rings. The Morgan fingerprint density at radius 3 is 2.29 bits per heavy atom. The van der Waals surface area contributed by atoms with Crippen molar-refractivity contribution in [2.75, 3.05) is 30.4 Å². The molecule has 0 saturated carbocycles. The minimum Gasteiger partial charge on any atom is -0.489 e. The molecule has 0 heterocycles. The summed E-state index contributed by atoms with van der Waals surface area (Å²) in [5, 5.41) is 51.7. The molecule has 0 aliphatic heterocycles. The van der Waals surface area contributed by atoms with E-state index in [1.807, 2.05) is 0 Å². The zero-order valence-corrected chi connectivity index (χ0v) is 16.7. The largest absolute Gasteiger partial charge is 0.489 e. The molecular formula is C19H24N4O8. The fraction of sp³-hybridized carbons (Fsp3) is 0.368. The van der Waals surface area contributed by atoms with E-state index in [-0.39, 0.29) is 42.4 Å². The summed E-state index contributed by atoms with van der Waals surface area (Å²) < 4.78 is 5.46. The molecule has 2 unspecified atom stereocenters. The maximum Gasteiger partial charge on any atom is 0.315 e. The van der Waals surface area contributed by atoms with Crippen molar-refractivity contribution in [1.29, 1.82) is 0 Å². The molecule has 2 aromatic carbocycles. The number of anilines is 2. The fourth-order valence-electron chi connectivity index (χ4n) is 3.04. The van der Waals surface area contributed by atoms with E-state index in [9.17, 15) is 30.4 Å². The van der Waals surface area contributed by atoms with Crippen molar-refractivity contribution in [2.45, 2.75) is 25.7 Å². The van der Waals surface area contributed by atoms with Gasteiger partial charge in [-0.25, -0.2) is 0 Å². The standard InChI is InChI=1S/C19H24N4O8/c1-2-21(18(26)11-31-15-5-3-13(4-6-15)22(27)28)17-9-12(7-14(25)10-24)8-16(20)19(17)23(29)30/h3-6,8-9,14,18,24-26H,2,7,10-11,20H2,1H3. The average molecular weight is 436 g/mol. The van der Waals surface area contributed by atoms with Crippen LogP contribution in [0.3, 0.4) is 0 Å². The highest BCUT2D eigenvalue weighted by Gasteiger charge is 2.28. The van der Waals surface area contributed by atoms with E-state index in [4.69, 9.17) is 15.6 Å². The summed E-state index contributed by atoms with van der Waals surface area (Å²) in [6, 6.07) is 8.01. The normalized spacial score (nSPS) is 12.8. The Bertz CT molecular complexity index is 922. The van der Waals surface area contributed by atoms with Crippen molar-refractivity contribution in [3.05, 3.63) is 62.2 Å². The first-order chi connectivity index (χ1) is 14.7. The Labute approximate surface area is 177 Å². The van der Waals surface area contributed by atoms with Crippen LogP contribution in [0.25, 0.3) is 0 Å². The first kappa shape index (κ1) is 23.8. The number of rotatable bonds is 11. The van der Waals surface area contributed by atoms with Crippen LogP contribution >= 0.6 is 0 Å². The molecular weight excluding hydrogens is 412 g/mol. The van der Waals surface area contributed by atoms with Gasteiger partial charge in [-0.05, 0) is 36.8 Å². The second-order valence-electron chi connectivity index (χ2n) is 6.68. The average Bonchev–Trinajstić information content (AvgIpc) is 2.72. The summed E-state index contributed by atoms with van der Waals surface area (Å²) in [6.07, 6.45) is -2.37. The van der Waals surface area contributed by atoms with E-state index in [1.54, 1.807) is 6.92 Å². The van der Waals surface area contributed by atoms with Crippen LogP contribution in [0.1, 0.15) is 12.5 Å². The first-order valence-corrected chi connectivity index (χ1v) is 9.35. The lowest BCUT2D eigenvalue weighted by molar-refractivity contribution is -0.384. The molecule has 2 atom stereocenters. The van der Waals surface area contributed by atoms with Crippen LogP contribution < -0.4 is 15.4 Å². The molecule has 0 bridgehead atoms. The molecule has 12 nitrogen and oxygen atoms in total. The van der Waals surface area contributed by atoms with E-state index in [1.165, 1.54) is 41.3 Å². The lowest BCUT2D eigenvalue weighted by Gasteiger charge is -2.29. The summed E-state index contributed by atoms with van der Waals surface area (Å²) in [7, 11) is 0. The molecule has 0 aliphatic carbocycles. The van der Waals surface area contributed by atoms with Gasteiger partial charge in [-0.3, -0.25) is 20.2 Å². The van der Waals surface area contributed by atoms with E-state index in [0.717, 1.165) is 0 Å². The highest BCUT2D eigenvalue weighted by molar-refractivity contribution is 5.77. The number of nitro benzene ring substituents is 2. The Hall–Kier alpha value is -3.48. The third kappa shape index (κ3) is 6.01. The predicted molar refractivity (Wildman–Crippen MR) is 112 cm³/mol. The van der Waals surface area contributed by atoms with Crippen LogP contribution in [0.15, 0.2) is 36.4 Å². The number of benzene rings is 2. The molecule has 5 N–H and O–H groups in total. The van der Waals surface area contributed by atoms with Gasteiger partial charge in [0.15, 0.2) is 6.23 Å². The van der Waals surface area contributed by atoms with Crippen LogP contribution in [0, 0.1) is 20.2 Å². The monoisotopic (exact) mass is 436 g/mol. The number of likely N-dealkylation sites (N-methyl/N-ethyl adjacent to an activating group) is 1. The minimum atomic E-state index is -1.31. The van der Waals surface area contributed by atoms with Crippen LogP contribution in [0.2, 0.25) is 0 Å². The number of nitro groups is 2. The molecule has 0 saturated heterocycles. The number of nitrogen functional groups attached to an aromatic ring is 1. The molecule has 0 aromatic heterocycles. The third-order valence-electron chi connectivity index (χ3n) is 4.50. The Morgan fingerprint density at radius 2 is 1.77 bits per heavy atom. The van der Waals surface area contributed by atoms with E-state index >= 15 is 0 Å². The molecule has 12 heteroatoms. The molecule has 2 rings (SSSR count). The van der Waals surface area contributed by atoms with Crippen molar-refractivity contribution < 1.29 is 29.9 Å². The van der Waals surface area contributed by atoms with Crippen molar-refractivity contribution in [3.8, 4) is 5.75 Å². The molecule has 168 valence electrons. The van der Waals surface area contributed by atoms with Crippen molar-refractivity contribution >= 4 is 22.7 Å². The van der Waals surface area contributed by atoms with Gasteiger partial charge in [0.05, 0.1) is 22.6 Å². The quantitative estimate of drug-likeness (QED) is 0.173. The maximum atomic E-state index is 11.6. The number of hydrogen-bond acceptors (Lipinski definition) is 10. The number of aliphatic hydroxyl groups is 3. The topological polar surface area (TPSA) is 185 Å². The molecule has 0 radical (unpaired) electrons. The molecule has 2 aromatic rings. The number of ether oxygens (including phenoxy) is 1. The van der Waals surface area contributed by atoms with Gasteiger partial charge in [-0.15, -0.1) is 0 Å². The number of nitrogens with zero attached hydrogens (tertiary/aromatic N) is 3. The zero-order valence-electron chi connectivity index (χ0n) is 16.7. The number of non-ortho nitro benzene ring substituents is 1. The summed E-state index contributed by atoms with van der Waals surface area (Å²) in [5.74, 6) is 0.273. The van der Waals surface area contributed by atoms with Gasteiger partial charge in [0.25, 0.3) is 5.69 Å². The van der Waals surface area contributed by atoms with Gasteiger partial charge in [0.1, 0.15) is 23.7 Å². The number of aliphatic hydroxyl groups excluding tert-OH is 3. The van der Waals surface area contributed by atoms with Gasteiger partial charge < -0.3 is 30.7 Å². The van der Waals surface area contributed by atoms with Crippen LogP contribution in [-0.4, -0.2) is 57.3 Å². The Morgan fingerprint density at radius 1 is 1.13 bits per heavy atom. The number of hydrogen-bond donors (Lipinski definition) is 4. The highest BCUT2D eigenvalue weighted by Crippen LogP contribution is 2.36. The van der Waals surface area contributed by atoms with Gasteiger partial charge in [0, 0.05) is 25.1 Å². The number of nitrogens with two attached hydrogens (primary N) is 1. The van der Waals surface area contributed by atoms with Gasteiger partial charge in [-0.1, -0.05) is 0 Å². The smallest absolute Gasteiger partial charge is 0.315 e. The van der Waals surface area contributed by atoms with E-state index in [0.29, 0.717) is 5.56 Å². The van der Waals surface area contributed by atoms with Crippen molar-refractivity contribution in [3.63, 3.8) is 0 Å². The predicted octanol–water partition coefficient (Wildman–Crippen LogP) is 1.20. The first-order valence-electron chi connectivity index (χ1n) is 9.35. The lowest BCUT2D eigenvalue weighted by Crippen LogP contribution is -2.40. The van der Waals surface area contributed by atoms with Crippen molar-refractivity contribution in [1.82, 2.24) is 0 Å². The minimum absolute atomic E-state index is 0.0125. The van der Waals surface area contributed by atoms with Gasteiger partial charge >= 0.3 is 5.69 Å². The molecule has 31 heavy (non-hydrogen) atoms. The summed E-state index contributed by atoms with van der Waals surface area (Å²) in [5.41, 5.74) is 5.67. The van der Waals surface area contributed by atoms with Crippen molar-refractivity contribution in [2.24, 2.45) is 0 Å². The Balaban J connectivity index is 2.27. The highest BCUT2D eigenvalue weighted by atomic mass is 16.6.